The Hall–Kier alpha value is -2.08. The monoisotopic (exact) mass is 353 g/mol. The fourth-order valence-electron chi connectivity index (χ4n) is 2.40. The standard InChI is InChI=1S/C17H18ClF2N3O/c1-3-5-12-15(21-10-22-16(12)18)9-23(4-2)17(24)13-8-11(19)6-7-14(13)20/h6-8,10H,3-5,9H2,1-2H3. The van der Waals surface area contributed by atoms with Crippen LogP contribution in [0.2, 0.25) is 5.15 Å². The number of aromatic nitrogens is 2. The number of carbonyl (C=O) groups excluding carboxylic acids is 1. The lowest BCUT2D eigenvalue weighted by Crippen LogP contribution is -2.32. The van der Waals surface area contributed by atoms with Gasteiger partial charge in [0.2, 0.25) is 0 Å². The molecule has 0 unspecified atom stereocenters. The van der Waals surface area contributed by atoms with E-state index in [2.05, 4.69) is 9.97 Å². The van der Waals surface area contributed by atoms with Gasteiger partial charge in [0, 0.05) is 12.1 Å². The van der Waals surface area contributed by atoms with Crippen LogP contribution in [0.15, 0.2) is 24.5 Å². The van der Waals surface area contributed by atoms with Crippen molar-refractivity contribution in [3.8, 4) is 0 Å². The van der Waals surface area contributed by atoms with Gasteiger partial charge in [-0.3, -0.25) is 4.79 Å². The quantitative estimate of drug-likeness (QED) is 0.737. The highest BCUT2D eigenvalue weighted by Gasteiger charge is 2.21. The summed E-state index contributed by atoms with van der Waals surface area (Å²) in [6, 6.07) is 2.83. The third kappa shape index (κ3) is 4.06. The maximum absolute atomic E-state index is 13.9. The number of carbonyl (C=O) groups is 1. The highest BCUT2D eigenvalue weighted by atomic mass is 35.5. The summed E-state index contributed by atoms with van der Waals surface area (Å²) in [5, 5.41) is 0.349. The van der Waals surface area contributed by atoms with E-state index in [1.165, 1.54) is 11.2 Å². The summed E-state index contributed by atoms with van der Waals surface area (Å²) >= 11 is 6.11. The summed E-state index contributed by atoms with van der Waals surface area (Å²) in [4.78, 5) is 22.1. The molecule has 1 amide bonds. The topological polar surface area (TPSA) is 46.1 Å². The van der Waals surface area contributed by atoms with Crippen molar-refractivity contribution in [2.75, 3.05) is 6.54 Å². The van der Waals surface area contributed by atoms with Crippen LogP contribution < -0.4 is 0 Å². The Morgan fingerprint density at radius 2 is 2.00 bits per heavy atom. The Morgan fingerprint density at radius 1 is 1.25 bits per heavy atom. The molecular weight excluding hydrogens is 336 g/mol. The molecule has 0 saturated carbocycles. The Bertz CT molecular complexity index is 740. The number of benzene rings is 1. The second-order valence-electron chi connectivity index (χ2n) is 5.28. The number of hydrogen-bond acceptors (Lipinski definition) is 3. The van der Waals surface area contributed by atoms with Gasteiger partial charge in [-0.15, -0.1) is 0 Å². The zero-order chi connectivity index (χ0) is 17.7. The lowest BCUT2D eigenvalue weighted by atomic mass is 10.1. The van der Waals surface area contributed by atoms with Crippen molar-refractivity contribution in [2.45, 2.75) is 33.2 Å². The molecule has 24 heavy (non-hydrogen) atoms. The molecule has 0 radical (unpaired) electrons. The van der Waals surface area contributed by atoms with Crippen molar-refractivity contribution in [3.05, 3.63) is 58.1 Å². The lowest BCUT2D eigenvalue weighted by molar-refractivity contribution is 0.0745. The van der Waals surface area contributed by atoms with Crippen LogP contribution in [0.4, 0.5) is 8.78 Å². The number of halogens is 3. The van der Waals surface area contributed by atoms with Crippen LogP contribution in [0.25, 0.3) is 0 Å². The first kappa shape index (κ1) is 18.3. The van der Waals surface area contributed by atoms with Crippen LogP contribution in [0, 0.1) is 11.6 Å². The average Bonchev–Trinajstić information content (AvgIpc) is 2.57. The maximum Gasteiger partial charge on any atom is 0.257 e. The minimum absolute atomic E-state index is 0.156. The second kappa shape index (κ2) is 8.15. The SMILES string of the molecule is CCCc1c(Cl)ncnc1CN(CC)C(=O)c1cc(F)ccc1F. The Balaban J connectivity index is 2.31. The Morgan fingerprint density at radius 3 is 2.67 bits per heavy atom. The molecule has 0 aliphatic rings. The zero-order valence-electron chi connectivity index (χ0n) is 13.5. The van der Waals surface area contributed by atoms with Crippen molar-refractivity contribution >= 4 is 17.5 Å². The van der Waals surface area contributed by atoms with E-state index in [1.54, 1.807) is 6.92 Å². The molecule has 1 aromatic heterocycles. The third-order valence-corrected chi connectivity index (χ3v) is 3.98. The number of nitrogens with zero attached hydrogens (tertiary/aromatic N) is 3. The van der Waals surface area contributed by atoms with Gasteiger partial charge in [-0.2, -0.15) is 0 Å². The van der Waals surface area contributed by atoms with Gasteiger partial charge in [-0.25, -0.2) is 18.7 Å². The van der Waals surface area contributed by atoms with Crippen LogP contribution in [-0.4, -0.2) is 27.3 Å². The molecule has 1 aromatic carbocycles. The average molecular weight is 354 g/mol. The van der Waals surface area contributed by atoms with Gasteiger partial charge in [0.25, 0.3) is 5.91 Å². The minimum atomic E-state index is -0.755. The summed E-state index contributed by atoms with van der Waals surface area (Å²) in [5.41, 5.74) is 1.09. The van der Waals surface area contributed by atoms with Gasteiger partial charge in [-0.1, -0.05) is 24.9 Å². The molecule has 2 aromatic rings. The molecule has 2 rings (SSSR count). The van der Waals surface area contributed by atoms with E-state index in [9.17, 15) is 13.6 Å². The molecule has 0 N–H and O–H groups in total. The molecule has 0 aliphatic heterocycles. The first-order chi connectivity index (χ1) is 11.5. The number of amides is 1. The molecule has 7 heteroatoms. The molecule has 1 heterocycles. The van der Waals surface area contributed by atoms with Crippen LogP contribution in [0.5, 0.6) is 0 Å². The van der Waals surface area contributed by atoms with Crippen LogP contribution in [0.3, 0.4) is 0 Å². The molecule has 0 saturated heterocycles. The predicted octanol–water partition coefficient (Wildman–Crippen LogP) is 4.02. The molecule has 0 aliphatic carbocycles. The molecule has 4 nitrogen and oxygen atoms in total. The van der Waals surface area contributed by atoms with Gasteiger partial charge >= 0.3 is 0 Å². The largest absolute Gasteiger partial charge is 0.333 e. The van der Waals surface area contributed by atoms with Crippen molar-refractivity contribution in [2.24, 2.45) is 0 Å². The van der Waals surface area contributed by atoms with Crippen molar-refractivity contribution in [1.82, 2.24) is 14.9 Å². The van der Waals surface area contributed by atoms with Gasteiger partial charge in [0.15, 0.2) is 0 Å². The zero-order valence-corrected chi connectivity index (χ0v) is 14.3. The van der Waals surface area contributed by atoms with E-state index in [0.717, 1.165) is 30.2 Å². The number of rotatable bonds is 6. The predicted molar refractivity (Wildman–Crippen MR) is 87.8 cm³/mol. The number of hydrogen-bond donors (Lipinski definition) is 0. The first-order valence-corrected chi connectivity index (χ1v) is 8.08. The van der Waals surface area contributed by atoms with Gasteiger partial charge in [0.05, 0.1) is 17.8 Å². The molecule has 0 spiro atoms. The normalized spacial score (nSPS) is 10.7. The molecule has 0 bridgehead atoms. The molecule has 0 atom stereocenters. The summed E-state index contributed by atoms with van der Waals surface area (Å²) in [7, 11) is 0. The Kier molecular flexibility index (Phi) is 6.20. The first-order valence-electron chi connectivity index (χ1n) is 7.70. The molecule has 128 valence electrons. The third-order valence-electron chi connectivity index (χ3n) is 3.65. The maximum atomic E-state index is 13.9. The van der Waals surface area contributed by atoms with Crippen LogP contribution in [0.1, 0.15) is 41.9 Å². The Labute approximate surface area is 144 Å². The fourth-order valence-corrected chi connectivity index (χ4v) is 2.64. The van der Waals surface area contributed by atoms with E-state index in [1.807, 2.05) is 6.92 Å². The van der Waals surface area contributed by atoms with E-state index in [0.29, 0.717) is 23.8 Å². The molecule has 0 fully saturated rings. The smallest absolute Gasteiger partial charge is 0.257 e. The van der Waals surface area contributed by atoms with Crippen molar-refractivity contribution < 1.29 is 13.6 Å². The van der Waals surface area contributed by atoms with E-state index < -0.39 is 17.5 Å². The minimum Gasteiger partial charge on any atom is -0.333 e. The summed E-state index contributed by atoms with van der Waals surface area (Å²) in [5.74, 6) is -2.01. The van der Waals surface area contributed by atoms with Gasteiger partial charge < -0.3 is 4.90 Å². The molecular formula is C17H18ClF2N3O. The van der Waals surface area contributed by atoms with Gasteiger partial charge in [0.1, 0.15) is 23.1 Å². The van der Waals surface area contributed by atoms with Crippen molar-refractivity contribution in [3.63, 3.8) is 0 Å². The lowest BCUT2D eigenvalue weighted by Gasteiger charge is -2.22. The van der Waals surface area contributed by atoms with Crippen molar-refractivity contribution in [1.29, 1.82) is 0 Å². The highest BCUT2D eigenvalue weighted by molar-refractivity contribution is 6.30. The summed E-state index contributed by atoms with van der Waals surface area (Å²) in [6.45, 7) is 4.24. The fraction of sp³-hybridized carbons (Fsp3) is 0.353. The van der Waals surface area contributed by atoms with Crippen LogP contribution >= 0.6 is 11.6 Å². The summed E-state index contributed by atoms with van der Waals surface area (Å²) in [6.07, 6.45) is 2.85. The summed E-state index contributed by atoms with van der Waals surface area (Å²) < 4.78 is 27.2. The van der Waals surface area contributed by atoms with Crippen LogP contribution in [-0.2, 0) is 13.0 Å². The van der Waals surface area contributed by atoms with E-state index in [4.69, 9.17) is 11.6 Å². The van der Waals surface area contributed by atoms with E-state index in [-0.39, 0.29) is 12.1 Å². The van der Waals surface area contributed by atoms with Gasteiger partial charge in [-0.05, 0) is 31.5 Å². The highest BCUT2D eigenvalue weighted by Crippen LogP contribution is 2.20. The second-order valence-corrected chi connectivity index (χ2v) is 5.64. The van der Waals surface area contributed by atoms with E-state index >= 15 is 0 Å².